The number of carbonyl (C=O) groups is 2. The first kappa shape index (κ1) is 33.4. The van der Waals surface area contributed by atoms with E-state index < -0.39 is 11.9 Å². The van der Waals surface area contributed by atoms with Crippen LogP contribution in [0.25, 0.3) is 11.4 Å². The van der Waals surface area contributed by atoms with Crippen LogP contribution in [-0.2, 0) is 38.4 Å². The Kier molecular flexibility index (Phi) is 19.5. The number of aromatic carboxylic acids is 2. The van der Waals surface area contributed by atoms with Crippen molar-refractivity contribution >= 4 is 11.9 Å². The van der Waals surface area contributed by atoms with Gasteiger partial charge in [-0.3, -0.25) is 9.97 Å². The minimum atomic E-state index is -1.33. The summed E-state index contributed by atoms with van der Waals surface area (Å²) in [6.45, 7) is 0. The summed E-state index contributed by atoms with van der Waals surface area (Å²) < 4.78 is 0. The van der Waals surface area contributed by atoms with Gasteiger partial charge in [0.15, 0.2) is 0 Å². The molecule has 0 spiro atoms. The Morgan fingerprint density at radius 1 is 0.586 bits per heavy atom. The third kappa shape index (κ3) is 10.6. The topological polar surface area (TPSA) is 238 Å². The molecule has 0 saturated heterocycles. The molecule has 3 aromatic rings. The van der Waals surface area contributed by atoms with Crippen LogP contribution in [0.2, 0.25) is 0 Å². The van der Waals surface area contributed by atoms with Crippen LogP contribution in [0.3, 0.4) is 0 Å². The number of pyridine rings is 2. The summed E-state index contributed by atoms with van der Waals surface area (Å²) in [6, 6.07) is 16.2. The van der Waals surface area contributed by atoms with Crippen LogP contribution in [0.15, 0.2) is 73.1 Å². The van der Waals surface area contributed by atoms with E-state index in [1.165, 1.54) is 0 Å². The third-order valence-electron chi connectivity index (χ3n) is 2.95. The summed E-state index contributed by atoms with van der Waals surface area (Å²) >= 11 is 0. The molecule has 0 fully saturated rings. The van der Waals surface area contributed by atoms with Gasteiger partial charge < -0.3 is 41.7 Å². The van der Waals surface area contributed by atoms with Gasteiger partial charge in [0.25, 0.3) is 0 Å². The second-order valence-electron chi connectivity index (χ2n) is 4.58. The standard InChI is InChI=1S/C10H8N2.C8H6O4.Ni.4H2O/c1-3-7-11-9(5-1)10-6-2-4-8-12-10;9-7(10)5-1-2-6(4-3-5)8(11)12;;;;;/h1-8H;1-4H,(H,9,10)(H,11,12);;4*1H2/q;;+2;;;;/p+2. The monoisotopic (exact) mass is 454 g/mol. The van der Waals surface area contributed by atoms with Gasteiger partial charge in [0.1, 0.15) is 0 Å². The number of hydrogen-bond acceptors (Lipinski definition) is 6. The molecule has 0 bridgehead atoms. The summed E-state index contributed by atoms with van der Waals surface area (Å²) in [4.78, 5) is 28.8. The number of carboxylic acid groups (broad SMARTS) is 2. The van der Waals surface area contributed by atoms with Crippen LogP contribution in [0.4, 0.5) is 0 Å². The summed E-state index contributed by atoms with van der Waals surface area (Å²) in [7, 11) is 0. The van der Waals surface area contributed by atoms with Gasteiger partial charge in [-0.25, -0.2) is 0 Å². The number of benzene rings is 1. The maximum Gasteiger partial charge on any atom is 2.00 e. The van der Waals surface area contributed by atoms with Gasteiger partial charge in [-0.2, -0.15) is 0 Å². The maximum atomic E-state index is 10.2. The minimum Gasteiger partial charge on any atom is -0.545 e. The van der Waals surface area contributed by atoms with Crippen molar-refractivity contribution in [2.75, 3.05) is 0 Å². The Balaban J connectivity index is -0.000000184. The van der Waals surface area contributed by atoms with Crippen molar-refractivity contribution < 1.29 is 58.2 Å². The molecular formula is C18H24N2NiO8+4. The second kappa shape index (κ2) is 16.9. The van der Waals surface area contributed by atoms with Crippen LogP contribution in [0.1, 0.15) is 20.7 Å². The van der Waals surface area contributed by atoms with Crippen molar-refractivity contribution in [3.8, 4) is 11.4 Å². The zero-order valence-corrected chi connectivity index (χ0v) is 16.1. The number of rotatable bonds is 3. The van der Waals surface area contributed by atoms with Gasteiger partial charge in [-0.05, 0) is 35.4 Å². The van der Waals surface area contributed by atoms with E-state index in [0.29, 0.717) is 0 Å². The number of carbonyl (C=O) groups excluding carboxylic acids is 2. The number of aromatic nitrogens is 2. The van der Waals surface area contributed by atoms with Gasteiger partial charge in [0, 0.05) is 12.4 Å². The molecule has 2 aromatic heterocycles. The molecule has 0 unspecified atom stereocenters. The molecule has 0 saturated carbocycles. The van der Waals surface area contributed by atoms with Crippen LogP contribution < -0.4 is 10.2 Å². The predicted molar refractivity (Wildman–Crippen MR) is 102 cm³/mol. The van der Waals surface area contributed by atoms with Gasteiger partial charge in [0.05, 0.1) is 23.3 Å². The normalized spacial score (nSPS) is 7.86. The van der Waals surface area contributed by atoms with E-state index in [1.807, 2.05) is 36.4 Å². The fourth-order valence-electron chi connectivity index (χ4n) is 1.77. The summed E-state index contributed by atoms with van der Waals surface area (Å²) in [5.41, 5.74) is 1.72. The zero-order chi connectivity index (χ0) is 17.4. The Bertz CT molecular complexity index is 748. The van der Waals surface area contributed by atoms with Crippen molar-refractivity contribution in [3.05, 3.63) is 84.2 Å². The average molecular weight is 455 g/mol. The first-order valence-corrected chi connectivity index (χ1v) is 6.93. The van der Waals surface area contributed by atoms with E-state index in [1.54, 1.807) is 12.4 Å². The Labute approximate surface area is 176 Å². The van der Waals surface area contributed by atoms with E-state index >= 15 is 0 Å². The number of hydrogen-bond donors (Lipinski definition) is 0. The largest absolute Gasteiger partial charge is 2.00 e. The van der Waals surface area contributed by atoms with Crippen molar-refractivity contribution in [2.45, 2.75) is 0 Å². The van der Waals surface area contributed by atoms with E-state index in [2.05, 4.69) is 9.97 Å². The van der Waals surface area contributed by atoms with Crippen LogP contribution in [0, 0.1) is 0 Å². The molecule has 0 aliphatic carbocycles. The van der Waals surface area contributed by atoms with Crippen LogP contribution in [-0.4, -0.2) is 21.9 Å². The Hall–Kier alpha value is -3.21. The molecule has 0 aliphatic heterocycles. The first-order chi connectivity index (χ1) is 11.6. The van der Waals surface area contributed by atoms with Crippen molar-refractivity contribution in [2.24, 2.45) is 0 Å². The average Bonchev–Trinajstić information content (AvgIpc) is 2.64. The Morgan fingerprint density at radius 2 is 0.897 bits per heavy atom. The molecule has 0 aliphatic rings. The van der Waals surface area contributed by atoms with E-state index in [4.69, 9.17) is 0 Å². The van der Waals surface area contributed by atoms with E-state index in [-0.39, 0.29) is 49.5 Å². The predicted octanol–water partition coefficient (Wildman–Crippen LogP) is -3.13. The van der Waals surface area contributed by atoms with Crippen molar-refractivity contribution in [1.82, 2.24) is 9.97 Å². The SMILES string of the molecule is O=C([O-])c1ccc(C(=O)[O-])cc1.[Ni+2].[OH3+].[OH3+].[OH3+].[OH3+].c1ccc(-c2ccccn2)nc1. The second-order valence-corrected chi connectivity index (χ2v) is 4.58. The third-order valence-corrected chi connectivity index (χ3v) is 2.95. The summed E-state index contributed by atoms with van der Waals surface area (Å²) in [5, 5.41) is 20.4. The fourth-order valence-corrected chi connectivity index (χ4v) is 1.77. The molecule has 3 rings (SSSR count). The zero-order valence-electron chi connectivity index (χ0n) is 15.1. The molecule has 2 heterocycles. The van der Waals surface area contributed by atoms with Gasteiger partial charge in [-0.15, -0.1) is 0 Å². The fraction of sp³-hybridized carbons (Fsp3) is 0. The van der Waals surface area contributed by atoms with Gasteiger partial charge in [-0.1, -0.05) is 36.4 Å². The van der Waals surface area contributed by atoms with Crippen LogP contribution in [0.5, 0.6) is 0 Å². The van der Waals surface area contributed by atoms with Crippen molar-refractivity contribution in [3.63, 3.8) is 0 Å². The molecule has 0 radical (unpaired) electrons. The van der Waals surface area contributed by atoms with Gasteiger partial charge >= 0.3 is 16.5 Å². The quantitative estimate of drug-likeness (QED) is 0.292. The van der Waals surface area contributed by atoms with Crippen molar-refractivity contribution in [1.29, 1.82) is 0 Å². The molecule has 0 atom stereocenters. The molecule has 0 amide bonds. The molecule has 29 heavy (non-hydrogen) atoms. The maximum absolute atomic E-state index is 10.2. The molecule has 160 valence electrons. The molecular weight excluding hydrogens is 431 g/mol. The summed E-state index contributed by atoms with van der Waals surface area (Å²) in [6.07, 6.45) is 3.54. The smallest absolute Gasteiger partial charge is 0.545 e. The van der Waals surface area contributed by atoms with Gasteiger partial charge in [0.2, 0.25) is 0 Å². The summed E-state index contributed by atoms with van der Waals surface area (Å²) in [5.74, 6) is -2.67. The Morgan fingerprint density at radius 3 is 1.10 bits per heavy atom. The number of nitrogens with zero attached hydrogens (tertiary/aromatic N) is 2. The number of carboxylic acids is 2. The van der Waals surface area contributed by atoms with E-state index in [9.17, 15) is 19.8 Å². The molecule has 12 N–H and O–H groups in total. The molecule has 10 nitrogen and oxygen atoms in total. The van der Waals surface area contributed by atoms with E-state index in [0.717, 1.165) is 35.7 Å². The first-order valence-electron chi connectivity index (χ1n) is 6.93. The minimum absolute atomic E-state index is 0. The molecule has 1 aromatic carbocycles. The van der Waals surface area contributed by atoms with Crippen LogP contribution >= 0.6 is 0 Å². The molecule has 11 heteroatoms.